The summed E-state index contributed by atoms with van der Waals surface area (Å²) in [6.45, 7) is 2.74. The fourth-order valence-corrected chi connectivity index (χ4v) is 1.92. The summed E-state index contributed by atoms with van der Waals surface area (Å²) < 4.78 is 1.82. The summed E-state index contributed by atoms with van der Waals surface area (Å²) >= 11 is 0. The number of pyridine rings is 1. The molecule has 1 N–H and O–H groups in total. The molecule has 0 saturated heterocycles. The number of amides is 1. The van der Waals surface area contributed by atoms with Crippen LogP contribution in [-0.4, -0.2) is 25.9 Å². The predicted octanol–water partition coefficient (Wildman–Crippen LogP) is 1.64. The molecule has 1 aliphatic carbocycles. The maximum atomic E-state index is 12.1. The van der Waals surface area contributed by atoms with Crippen molar-refractivity contribution in [2.24, 2.45) is 5.92 Å². The predicted molar refractivity (Wildman–Crippen MR) is 69.7 cm³/mol. The minimum absolute atomic E-state index is 0.243. The second-order valence-electron chi connectivity index (χ2n) is 4.84. The maximum absolute atomic E-state index is 12.1. The highest BCUT2D eigenvalue weighted by atomic mass is 16.2. The summed E-state index contributed by atoms with van der Waals surface area (Å²) in [5, 5.41) is 10.8. The van der Waals surface area contributed by atoms with Gasteiger partial charge in [-0.1, -0.05) is 5.21 Å². The topological polar surface area (TPSA) is 72.7 Å². The van der Waals surface area contributed by atoms with Gasteiger partial charge in [0.25, 0.3) is 5.91 Å². The van der Waals surface area contributed by atoms with Crippen molar-refractivity contribution in [1.82, 2.24) is 20.0 Å². The van der Waals surface area contributed by atoms with E-state index in [-0.39, 0.29) is 5.91 Å². The zero-order valence-corrected chi connectivity index (χ0v) is 10.7. The number of aromatic nitrogens is 4. The number of anilines is 1. The molecule has 2 aromatic heterocycles. The number of hydrogen-bond acceptors (Lipinski definition) is 4. The van der Waals surface area contributed by atoms with Crippen LogP contribution < -0.4 is 5.32 Å². The van der Waals surface area contributed by atoms with Gasteiger partial charge in [0.2, 0.25) is 0 Å². The highest BCUT2D eigenvalue weighted by Crippen LogP contribution is 2.30. The van der Waals surface area contributed by atoms with Crippen molar-refractivity contribution in [3.8, 4) is 0 Å². The van der Waals surface area contributed by atoms with E-state index in [2.05, 4.69) is 20.6 Å². The Morgan fingerprint density at radius 2 is 2.37 bits per heavy atom. The van der Waals surface area contributed by atoms with E-state index < -0.39 is 0 Å². The van der Waals surface area contributed by atoms with Crippen molar-refractivity contribution in [3.05, 3.63) is 35.9 Å². The van der Waals surface area contributed by atoms with Crippen LogP contribution in [0.3, 0.4) is 0 Å². The first kappa shape index (κ1) is 11.8. The zero-order valence-electron chi connectivity index (χ0n) is 10.7. The lowest BCUT2D eigenvalue weighted by Crippen LogP contribution is -2.14. The third kappa shape index (κ3) is 2.62. The molecule has 1 amide bonds. The van der Waals surface area contributed by atoms with Crippen molar-refractivity contribution < 1.29 is 4.79 Å². The molecule has 0 bridgehead atoms. The lowest BCUT2D eigenvalue weighted by Gasteiger charge is -2.03. The first-order valence-electron chi connectivity index (χ1n) is 6.35. The van der Waals surface area contributed by atoms with Gasteiger partial charge in [-0.05, 0) is 37.8 Å². The van der Waals surface area contributed by atoms with Crippen LogP contribution in [0.4, 0.5) is 5.69 Å². The van der Waals surface area contributed by atoms with Crippen molar-refractivity contribution >= 4 is 11.6 Å². The minimum Gasteiger partial charge on any atom is -0.319 e. The van der Waals surface area contributed by atoms with Gasteiger partial charge in [0.15, 0.2) is 5.69 Å². The summed E-state index contributed by atoms with van der Waals surface area (Å²) in [5.41, 5.74) is 1.85. The molecule has 6 nitrogen and oxygen atoms in total. The van der Waals surface area contributed by atoms with Crippen LogP contribution in [0, 0.1) is 12.8 Å². The van der Waals surface area contributed by atoms with E-state index in [1.54, 1.807) is 24.5 Å². The van der Waals surface area contributed by atoms with Gasteiger partial charge in [-0.2, -0.15) is 0 Å². The maximum Gasteiger partial charge on any atom is 0.278 e. The van der Waals surface area contributed by atoms with Crippen LogP contribution in [0.1, 0.15) is 29.0 Å². The standard InChI is InChI=1S/C13H15N5O/c1-9-12(16-17-18(9)8-10-4-5-10)13(19)15-11-3-2-6-14-7-11/h2-3,6-7,10H,4-5,8H2,1H3,(H,15,19). The molecule has 1 aliphatic rings. The Labute approximate surface area is 110 Å². The monoisotopic (exact) mass is 257 g/mol. The molecule has 2 aromatic rings. The van der Waals surface area contributed by atoms with Crippen LogP contribution in [0.25, 0.3) is 0 Å². The Balaban J connectivity index is 1.74. The average Bonchev–Trinajstić information content (AvgIpc) is 3.15. The van der Waals surface area contributed by atoms with Crippen LogP contribution in [0.15, 0.2) is 24.5 Å². The second-order valence-corrected chi connectivity index (χ2v) is 4.84. The van der Waals surface area contributed by atoms with Gasteiger partial charge in [-0.25, -0.2) is 4.68 Å². The van der Waals surface area contributed by atoms with Crippen LogP contribution in [0.2, 0.25) is 0 Å². The first-order chi connectivity index (χ1) is 9.24. The Bertz CT molecular complexity index is 588. The number of nitrogens with one attached hydrogen (secondary N) is 1. The number of carbonyl (C=O) groups is 1. The van der Waals surface area contributed by atoms with Crippen LogP contribution in [0.5, 0.6) is 0 Å². The second kappa shape index (κ2) is 4.79. The Morgan fingerprint density at radius 3 is 3.05 bits per heavy atom. The van der Waals surface area contributed by atoms with Gasteiger partial charge in [0, 0.05) is 12.7 Å². The summed E-state index contributed by atoms with van der Waals surface area (Å²) in [7, 11) is 0. The summed E-state index contributed by atoms with van der Waals surface area (Å²) in [4.78, 5) is 16.0. The third-order valence-corrected chi connectivity index (χ3v) is 3.25. The van der Waals surface area contributed by atoms with Gasteiger partial charge in [-0.3, -0.25) is 9.78 Å². The smallest absolute Gasteiger partial charge is 0.278 e. The molecule has 0 atom stereocenters. The summed E-state index contributed by atoms with van der Waals surface area (Å²) in [6.07, 6.45) is 5.75. The molecule has 1 saturated carbocycles. The Kier molecular flexibility index (Phi) is 2.98. The molecule has 2 heterocycles. The Morgan fingerprint density at radius 1 is 1.53 bits per heavy atom. The first-order valence-corrected chi connectivity index (χ1v) is 6.35. The number of rotatable bonds is 4. The highest BCUT2D eigenvalue weighted by Gasteiger charge is 2.25. The minimum atomic E-state index is -0.243. The number of nitrogens with zero attached hydrogens (tertiary/aromatic N) is 4. The lowest BCUT2D eigenvalue weighted by molar-refractivity contribution is 0.102. The molecule has 6 heteroatoms. The van der Waals surface area contributed by atoms with E-state index in [1.807, 2.05) is 11.6 Å². The van der Waals surface area contributed by atoms with E-state index in [1.165, 1.54) is 12.8 Å². The average molecular weight is 257 g/mol. The van der Waals surface area contributed by atoms with Crippen molar-refractivity contribution in [3.63, 3.8) is 0 Å². The van der Waals surface area contributed by atoms with E-state index >= 15 is 0 Å². The molecule has 0 radical (unpaired) electrons. The molecule has 0 aliphatic heterocycles. The van der Waals surface area contributed by atoms with Crippen molar-refractivity contribution in [1.29, 1.82) is 0 Å². The number of carbonyl (C=O) groups excluding carboxylic acids is 1. The van der Waals surface area contributed by atoms with Crippen molar-refractivity contribution in [2.45, 2.75) is 26.3 Å². The molecular weight excluding hydrogens is 242 g/mol. The molecular formula is C13H15N5O. The zero-order chi connectivity index (χ0) is 13.2. The molecule has 0 aromatic carbocycles. The van der Waals surface area contributed by atoms with Crippen LogP contribution in [-0.2, 0) is 6.54 Å². The summed E-state index contributed by atoms with van der Waals surface area (Å²) in [5.74, 6) is 0.460. The normalized spacial score (nSPS) is 14.4. The quantitative estimate of drug-likeness (QED) is 0.903. The molecule has 3 rings (SSSR count). The van der Waals surface area contributed by atoms with Gasteiger partial charge in [0.1, 0.15) is 0 Å². The highest BCUT2D eigenvalue weighted by molar-refractivity contribution is 6.03. The van der Waals surface area contributed by atoms with Crippen molar-refractivity contribution in [2.75, 3.05) is 5.32 Å². The van der Waals surface area contributed by atoms with Gasteiger partial charge in [0.05, 0.1) is 17.6 Å². The van der Waals surface area contributed by atoms with Crippen LogP contribution >= 0.6 is 0 Å². The van der Waals surface area contributed by atoms with Gasteiger partial charge >= 0.3 is 0 Å². The van der Waals surface area contributed by atoms with E-state index in [0.29, 0.717) is 17.3 Å². The lowest BCUT2D eigenvalue weighted by atomic mass is 10.3. The fraction of sp³-hybridized carbons (Fsp3) is 0.385. The Hall–Kier alpha value is -2.24. The van der Waals surface area contributed by atoms with E-state index in [4.69, 9.17) is 0 Å². The summed E-state index contributed by atoms with van der Waals surface area (Å²) in [6, 6.07) is 3.56. The van der Waals surface area contributed by atoms with E-state index in [9.17, 15) is 4.79 Å². The van der Waals surface area contributed by atoms with E-state index in [0.717, 1.165) is 12.2 Å². The largest absolute Gasteiger partial charge is 0.319 e. The van der Waals surface area contributed by atoms with Gasteiger partial charge in [-0.15, -0.1) is 5.10 Å². The van der Waals surface area contributed by atoms with Gasteiger partial charge < -0.3 is 5.32 Å². The molecule has 1 fully saturated rings. The third-order valence-electron chi connectivity index (χ3n) is 3.25. The molecule has 0 spiro atoms. The fourth-order valence-electron chi connectivity index (χ4n) is 1.92. The SMILES string of the molecule is Cc1c(C(=O)Nc2cccnc2)nnn1CC1CC1. The molecule has 0 unspecified atom stereocenters. The number of hydrogen-bond donors (Lipinski definition) is 1. The molecule has 19 heavy (non-hydrogen) atoms. The molecule has 98 valence electrons.